The van der Waals surface area contributed by atoms with E-state index in [0.717, 1.165) is 18.0 Å². The molecule has 2 atom stereocenters. The minimum absolute atomic E-state index is 0.100. The molecule has 1 aromatic heterocycles. The van der Waals surface area contributed by atoms with Crippen molar-refractivity contribution in [3.05, 3.63) is 5.51 Å². The van der Waals surface area contributed by atoms with Crippen LogP contribution in [-0.2, 0) is 0 Å². The fourth-order valence-electron chi connectivity index (χ4n) is 2.74. The number of rotatable bonds is 1. The third-order valence-corrected chi connectivity index (χ3v) is 3.98. The Balaban J connectivity index is 1.88. The molecular formula is C9H13N3OS. The highest BCUT2D eigenvalue weighted by Crippen LogP contribution is 2.39. The molecule has 2 fully saturated rings. The first-order valence-electron chi connectivity index (χ1n) is 5.07. The molecule has 0 aromatic carbocycles. The van der Waals surface area contributed by atoms with Gasteiger partial charge in [0.15, 0.2) is 0 Å². The molecule has 2 bridgehead atoms. The summed E-state index contributed by atoms with van der Waals surface area (Å²) in [7, 11) is 0. The maximum absolute atomic E-state index is 9.65. The highest BCUT2D eigenvalue weighted by atomic mass is 32.1. The zero-order valence-corrected chi connectivity index (χ0v) is 8.65. The first-order valence-corrected chi connectivity index (χ1v) is 5.95. The number of anilines is 1. The van der Waals surface area contributed by atoms with Gasteiger partial charge >= 0.3 is 0 Å². The number of hydrogen-bond acceptors (Lipinski definition) is 5. The maximum atomic E-state index is 9.65. The maximum Gasteiger partial charge on any atom is 0.208 e. The van der Waals surface area contributed by atoms with Gasteiger partial charge in [-0.25, -0.2) is 0 Å². The molecule has 14 heavy (non-hydrogen) atoms. The highest BCUT2D eigenvalue weighted by Gasteiger charge is 2.41. The lowest BCUT2D eigenvalue weighted by molar-refractivity contribution is 0.126. The molecular weight excluding hydrogens is 198 g/mol. The Labute approximate surface area is 86.6 Å². The van der Waals surface area contributed by atoms with Crippen molar-refractivity contribution in [1.29, 1.82) is 0 Å². The van der Waals surface area contributed by atoms with Crippen LogP contribution in [0.5, 0.6) is 0 Å². The molecule has 3 rings (SSSR count). The second-order valence-electron chi connectivity index (χ2n) is 4.14. The molecule has 0 radical (unpaired) electrons. The lowest BCUT2D eigenvalue weighted by Crippen LogP contribution is -2.44. The molecule has 2 aliphatic rings. The summed E-state index contributed by atoms with van der Waals surface area (Å²) >= 11 is 1.60. The lowest BCUT2D eigenvalue weighted by Gasteiger charge is -2.36. The van der Waals surface area contributed by atoms with Gasteiger partial charge in [0.25, 0.3) is 0 Å². The van der Waals surface area contributed by atoms with Crippen LogP contribution in [0.3, 0.4) is 0 Å². The number of aliphatic hydroxyl groups is 1. The van der Waals surface area contributed by atoms with Crippen LogP contribution in [-0.4, -0.2) is 33.5 Å². The number of aromatic nitrogens is 2. The lowest BCUT2D eigenvalue weighted by atomic mass is 10.0. The molecule has 0 amide bonds. The van der Waals surface area contributed by atoms with Gasteiger partial charge in [-0.2, -0.15) is 0 Å². The van der Waals surface area contributed by atoms with Crippen molar-refractivity contribution < 1.29 is 5.11 Å². The van der Waals surface area contributed by atoms with Crippen molar-refractivity contribution in [1.82, 2.24) is 10.2 Å². The minimum atomic E-state index is -0.100. The van der Waals surface area contributed by atoms with E-state index in [9.17, 15) is 5.11 Å². The number of aliphatic hydroxyl groups excluding tert-OH is 1. The average molecular weight is 211 g/mol. The summed E-state index contributed by atoms with van der Waals surface area (Å²) in [6, 6.07) is 0.994. The highest BCUT2D eigenvalue weighted by molar-refractivity contribution is 7.13. The second kappa shape index (κ2) is 3.17. The van der Waals surface area contributed by atoms with Gasteiger partial charge in [0.05, 0.1) is 6.10 Å². The smallest absolute Gasteiger partial charge is 0.208 e. The van der Waals surface area contributed by atoms with Crippen LogP contribution in [0.1, 0.15) is 25.7 Å². The molecule has 1 N–H and O–H groups in total. The summed E-state index contributed by atoms with van der Waals surface area (Å²) in [6.07, 6.45) is 4.09. The van der Waals surface area contributed by atoms with Crippen molar-refractivity contribution in [3.8, 4) is 0 Å². The number of nitrogens with zero attached hydrogens (tertiary/aromatic N) is 3. The number of piperidine rings is 1. The van der Waals surface area contributed by atoms with E-state index < -0.39 is 0 Å². The van der Waals surface area contributed by atoms with Crippen molar-refractivity contribution >= 4 is 16.5 Å². The second-order valence-corrected chi connectivity index (χ2v) is 4.95. The van der Waals surface area contributed by atoms with Gasteiger partial charge in [-0.05, 0) is 25.7 Å². The molecule has 2 unspecified atom stereocenters. The molecule has 1 aromatic rings. The van der Waals surface area contributed by atoms with Gasteiger partial charge in [0.2, 0.25) is 5.13 Å². The molecule has 0 aliphatic carbocycles. The predicted octanol–water partition coefficient (Wildman–Crippen LogP) is 1.03. The summed E-state index contributed by atoms with van der Waals surface area (Å²) in [5.74, 6) is 0. The standard InChI is InChI=1S/C9H13N3OS/c13-8-3-6-1-2-7(4-8)12(6)9-11-10-5-14-9/h5-8,13H,1-4H2. The Bertz CT molecular complexity index is 302. The quantitative estimate of drug-likeness (QED) is 0.753. The average Bonchev–Trinajstić information content (AvgIpc) is 2.72. The Morgan fingerprint density at radius 1 is 1.36 bits per heavy atom. The fourth-order valence-corrected chi connectivity index (χ4v) is 3.44. The van der Waals surface area contributed by atoms with E-state index in [-0.39, 0.29) is 6.10 Å². The summed E-state index contributed by atoms with van der Waals surface area (Å²) in [6.45, 7) is 0. The third kappa shape index (κ3) is 1.23. The van der Waals surface area contributed by atoms with E-state index in [1.807, 2.05) is 0 Å². The van der Waals surface area contributed by atoms with Gasteiger partial charge in [-0.3, -0.25) is 0 Å². The van der Waals surface area contributed by atoms with E-state index >= 15 is 0 Å². The SMILES string of the molecule is OC1CC2CCC(C1)N2c1nncs1. The van der Waals surface area contributed by atoms with E-state index in [0.29, 0.717) is 12.1 Å². The number of hydrogen-bond donors (Lipinski definition) is 1. The van der Waals surface area contributed by atoms with Crippen LogP contribution in [0.25, 0.3) is 0 Å². The predicted molar refractivity (Wildman–Crippen MR) is 54.4 cm³/mol. The Morgan fingerprint density at radius 3 is 2.64 bits per heavy atom. The molecule has 2 saturated heterocycles. The van der Waals surface area contributed by atoms with Crippen molar-refractivity contribution in [2.24, 2.45) is 0 Å². The van der Waals surface area contributed by atoms with E-state index in [1.165, 1.54) is 12.8 Å². The summed E-state index contributed by atoms with van der Waals surface area (Å²) in [5.41, 5.74) is 1.78. The number of fused-ring (bicyclic) bond motifs is 2. The zero-order chi connectivity index (χ0) is 9.54. The summed E-state index contributed by atoms with van der Waals surface area (Å²) in [4.78, 5) is 2.37. The first-order chi connectivity index (χ1) is 6.84. The zero-order valence-electron chi connectivity index (χ0n) is 7.83. The Hall–Kier alpha value is -0.680. The van der Waals surface area contributed by atoms with Crippen molar-refractivity contribution in [2.45, 2.75) is 43.9 Å². The molecule has 3 heterocycles. The van der Waals surface area contributed by atoms with Crippen LogP contribution >= 0.6 is 11.3 Å². The van der Waals surface area contributed by atoms with E-state index in [4.69, 9.17) is 0 Å². The molecule has 0 spiro atoms. The first kappa shape index (κ1) is 8.61. The summed E-state index contributed by atoms with van der Waals surface area (Å²) < 4.78 is 0. The van der Waals surface area contributed by atoms with Gasteiger partial charge in [0.1, 0.15) is 5.51 Å². The molecule has 76 valence electrons. The molecule has 2 aliphatic heterocycles. The van der Waals surface area contributed by atoms with E-state index in [2.05, 4.69) is 15.1 Å². The normalized spacial score (nSPS) is 36.4. The molecule has 4 nitrogen and oxygen atoms in total. The van der Waals surface area contributed by atoms with Crippen LogP contribution in [0.4, 0.5) is 5.13 Å². The van der Waals surface area contributed by atoms with Crippen LogP contribution in [0.15, 0.2) is 5.51 Å². The topological polar surface area (TPSA) is 49.2 Å². The van der Waals surface area contributed by atoms with Gasteiger partial charge < -0.3 is 10.0 Å². The van der Waals surface area contributed by atoms with Crippen LogP contribution in [0, 0.1) is 0 Å². The van der Waals surface area contributed by atoms with Crippen molar-refractivity contribution in [3.63, 3.8) is 0 Å². The van der Waals surface area contributed by atoms with E-state index in [1.54, 1.807) is 16.8 Å². The van der Waals surface area contributed by atoms with Gasteiger partial charge in [0, 0.05) is 12.1 Å². The van der Waals surface area contributed by atoms with Crippen molar-refractivity contribution in [2.75, 3.05) is 4.90 Å². The Kier molecular flexibility index (Phi) is 1.95. The fraction of sp³-hybridized carbons (Fsp3) is 0.778. The minimum Gasteiger partial charge on any atom is -0.393 e. The Morgan fingerprint density at radius 2 is 2.07 bits per heavy atom. The third-order valence-electron chi connectivity index (χ3n) is 3.28. The molecule has 5 heteroatoms. The monoisotopic (exact) mass is 211 g/mol. The largest absolute Gasteiger partial charge is 0.393 e. The molecule has 0 saturated carbocycles. The summed E-state index contributed by atoms with van der Waals surface area (Å²) in [5, 5.41) is 18.7. The van der Waals surface area contributed by atoms with Crippen LogP contribution in [0.2, 0.25) is 0 Å². The van der Waals surface area contributed by atoms with Crippen LogP contribution < -0.4 is 4.90 Å². The van der Waals surface area contributed by atoms with Gasteiger partial charge in [-0.15, -0.1) is 10.2 Å². The van der Waals surface area contributed by atoms with Gasteiger partial charge in [-0.1, -0.05) is 11.3 Å².